The van der Waals surface area contributed by atoms with Gasteiger partial charge in [0.25, 0.3) is 15.3 Å². The summed E-state index contributed by atoms with van der Waals surface area (Å²) in [6, 6.07) is 3.25. The molecule has 1 heterocycles. The van der Waals surface area contributed by atoms with Gasteiger partial charge in [-0.1, -0.05) is 116 Å². The summed E-state index contributed by atoms with van der Waals surface area (Å²) in [5, 5.41) is -0.602. The highest BCUT2D eigenvalue weighted by atomic mass is 32.2. The second-order valence-electron chi connectivity index (χ2n) is 10.5. The third kappa shape index (κ3) is 10.6. The third-order valence-corrected chi connectivity index (χ3v) is 8.94. The second kappa shape index (κ2) is 16.6. The van der Waals surface area contributed by atoms with Crippen molar-refractivity contribution in [3.63, 3.8) is 0 Å². The van der Waals surface area contributed by atoms with Crippen LogP contribution in [0.5, 0.6) is 0 Å². The van der Waals surface area contributed by atoms with E-state index in [4.69, 9.17) is 0 Å². The number of aryl methyl sites for hydroxylation is 2. The molecule has 0 bridgehead atoms. The Morgan fingerprint density at radius 1 is 0.658 bits per heavy atom. The van der Waals surface area contributed by atoms with Gasteiger partial charge in [-0.2, -0.15) is 16.8 Å². The van der Waals surface area contributed by atoms with Gasteiger partial charge in [-0.15, -0.1) is 0 Å². The van der Waals surface area contributed by atoms with E-state index in [1.807, 2.05) is 6.92 Å². The Hall–Kier alpha value is -1.49. The third-order valence-electron chi connectivity index (χ3n) is 7.19. The van der Waals surface area contributed by atoms with Crippen LogP contribution in [0.4, 0.5) is 0 Å². The quantitative estimate of drug-likeness (QED) is 0.116. The van der Waals surface area contributed by atoms with Gasteiger partial charge in [-0.25, -0.2) is 4.98 Å². The average Bonchev–Trinajstić information content (AvgIpc) is 3.23. The van der Waals surface area contributed by atoms with Crippen molar-refractivity contribution < 1.29 is 25.9 Å². The minimum atomic E-state index is -4.67. The van der Waals surface area contributed by atoms with Gasteiger partial charge in [-0.3, -0.25) is 9.11 Å². The van der Waals surface area contributed by atoms with Crippen LogP contribution in [0.15, 0.2) is 22.2 Å². The van der Waals surface area contributed by atoms with Crippen molar-refractivity contribution in [2.24, 2.45) is 0 Å². The van der Waals surface area contributed by atoms with Gasteiger partial charge in [0.05, 0.1) is 5.52 Å². The molecule has 1 aromatic carbocycles. The Labute approximate surface area is 230 Å². The molecule has 0 aliphatic rings. The second-order valence-corrected chi connectivity index (χ2v) is 13.1. The number of nitrogens with zero attached hydrogens (tertiary/aromatic N) is 2. The number of rotatable bonds is 21. The van der Waals surface area contributed by atoms with E-state index in [-0.39, 0.29) is 22.5 Å². The number of imidazole rings is 1. The fraction of sp³-hybridized carbons (Fsp3) is 0.750. The Morgan fingerprint density at radius 2 is 1.13 bits per heavy atom. The van der Waals surface area contributed by atoms with Gasteiger partial charge >= 0.3 is 10.1 Å². The monoisotopic (exact) mass is 572 g/mol. The molecule has 0 saturated carbocycles. The van der Waals surface area contributed by atoms with Gasteiger partial charge < -0.3 is 4.57 Å². The van der Waals surface area contributed by atoms with Crippen LogP contribution in [0, 0.1) is 0 Å². The molecule has 8 nitrogen and oxygen atoms in total. The van der Waals surface area contributed by atoms with Crippen molar-refractivity contribution >= 4 is 31.3 Å². The lowest BCUT2D eigenvalue weighted by molar-refractivity contribution is 0.461. The zero-order chi connectivity index (χ0) is 28.0. The van der Waals surface area contributed by atoms with Crippen LogP contribution in [-0.2, 0) is 33.2 Å². The minimum absolute atomic E-state index is 0.116. The molecule has 2 rings (SSSR count). The molecule has 2 N–H and O–H groups in total. The van der Waals surface area contributed by atoms with E-state index in [0.29, 0.717) is 18.4 Å². The Morgan fingerprint density at radius 3 is 1.58 bits per heavy atom. The van der Waals surface area contributed by atoms with Crippen LogP contribution in [0.25, 0.3) is 11.0 Å². The summed E-state index contributed by atoms with van der Waals surface area (Å²) in [4.78, 5) is 3.61. The molecule has 0 atom stereocenters. The number of unbranched alkanes of at least 4 members (excludes halogenated alkanes) is 15. The zero-order valence-corrected chi connectivity index (χ0v) is 25.0. The van der Waals surface area contributed by atoms with Gasteiger partial charge in [-0.05, 0) is 30.9 Å². The molecule has 0 saturated heterocycles. The summed E-state index contributed by atoms with van der Waals surface area (Å²) in [7, 11) is -9.32. The van der Waals surface area contributed by atoms with Crippen molar-refractivity contribution in [3.05, 3.63) is 17.7 Å². The van der Waals surface area contributed by atoms with E-state index in [9.17, 15) is 25.9 Å². The summed E-state index contributed by atoms with van der Waals surface area (Å²) in [5.74, 6) is 0. The van der Waals surface area contributed by atoms with Crippen LogP contribution >= 0.6 is 0 Å². The minimum Gasteiger partial charge on any atom is -0.313 e. The van der Waals surface area contributed by atoms with Gasteiger partial charge in [0.15, 0.2) is 0 Å². The largest absolute Gasteiger partial charge is 0.328 e. The SMILES string of the molecule is CCCCCCCCCCCCCCCCCc1ccc2c(nc(S(=O)(=O)O)n2CCCC)c1S(=O)(=O)O. The fourth-order valence-corrected chi connectivity index (χ4v) is 6.66. The molecule has 0 spiro atoms. The zero-order valence-electron chi connectivity index (χ0n) is 23.3. The Balaban J connectivity index is 1.86. The lowest BCUT2D eigenvalue weighted by Crippen LogP contribution is -2.10. The Kier molecular flexibility index (Phi) is 14.3. The maximum Gasteiger partial charge on any atom is 0.328 e. The average molecular weight is 573 g/mol. The first-order valence-corrected chi connectivity index (χ1v) is 17.5. The number of benzene rings is 1. The van der Waals surface area contributed by atoms with Crippen molar-refractivity contribution in [3.8, 4) is 0 Å². The molecule has 10 heteroatoms. The number of hydrogen-bond donors (Lipinski definition) is 2. The summed E-state index contributed by atoms with van der Waals surface area (Å²) in [5.41, 5.74) is 0.561. The highest BCUT2D eigenvalue weighted by molar-refractivity contribution is 7.86. The van der Waals surface area contributed by atoms with Gasteiger partial charge in [0.2, 0.25) is 0 Å². The van der Waals surface area contributed by atoms with Crippen LogP contribution in [0.2, 0.25) is 0 Å². The molecular weight excluding hydrogens is 524 g/mol. The van der Waals surface area contributed by atoms with Crippen molar-refractivity contribution in [1.29, 1.82) is 0 Å². The lowest BCUT2D eigenvalue weighted by atomic mass is 10.0. The van der Waals surface area contributed by atoms with Crippen LogP contribution in [0.1, 0.15) is 129 Å². The molecule has 0 aliphatic heterocycles. The molecular formula is C28H48N2O6S2. The number of aromatic nitrogens is 2. The van der Waals surface area contributed by atoms with Crippen molar-refractivity contribution in [1.82, 2.24) is 9.55 Å². The standard InChI is InChI=1S/C28H48N2O6S2/c1-3-5-7-8-9-10-11-12-13-14-15-16-17-18-19-20-24-21-22-25-26(27(24)37(31,32)33)29-28(38(34,35)36)30(25)23-6-4-2/h21-22H,3-20,23H2,1-2H3,(H,31,32,33)(H,34,35,36). The highest BCUT2D eigenvalue weighted by Crippen LogP contribution is 2.30. The maximum atomic E-state index is 12.3. The summed E-state index contributed by atoms with van der Waals surface area (Å²) >= 11 is 0. The van der Waals surface area contributed by atoms with E-state index in [2.05, 4.69) is 11.9 Å². The lowest BCUT2D eigenvalue weighted by Gasteiger charge is -2.10. The number of hydrogen-bond acceptors (Lipinski definition) is 5. The maximum absolute atomic E-state index is 12.3. The van der Waals surface area contributed by atoms with E-state index >= 15 is 0 Å². The van der Waals surface area contributed by atoms with Gasteiger partial charge in [0, 0.05) is 6.54 Å². The highest BCUT2D eigenvalue weighted by Gasteiger charge is 2.28. The van der Waals surface area contributed by atoms with E-state index in [1.165, 1.54) is 75.2 Å². The first-order valence-electron chi connectivity index (χ1n) is 14.6. The molecule has 0 aliphatic carbocycles. The molecule has 0 unspecified atom stereocenters. The predicted octanol–water partition coefficient (Wildman–Crippen LogP) is 7.74. The summed E-state index contributed by atoms with van der Waals surface area (Å²) in [6.45, 7) is 4.44. The van der Waals surface area contributed by atoms with E-state index < -0.39 is 25.4 Å². The van der Waals surface area contributed by atoms with Crippen LogP contribution in [-0.4, -0.2) is 35.5 Å². The smallest absolute Gasteiger partial charge is 0.313 e. The van der Waals surface area contributed by atoms with E-state index in [0.717, 1.165) is 32.1 Å². The van der Waals surface area contributed by atoms with Crippen LogP contribution < -0.4 is 0 Å². The van der Waals surface area contributed by atoms with Crippen LogP contribution in [0.3, 0.4) is 0 Å². The fourth-order valence-electron chi connectivity index (χ4n) is 5.09. The Bertz CT molecular complexity index is 1190. The molecule has 0 amide bonds. The molecule has 0 radical (unpaired) electrons. The first kappa shape index (κ1) is 32.7. The molecule has 0 fully saturated rings. The topological polar surface area (TPSA) is 127 Å². The summed E-state index contributed by atoms with van der Waals surface area (Å²) < 4.78 is 69.4. The predicted molar refractivity (Wildman–Crippen MR) is 153 cm³/mol. The molecule has 1 aromatic heterocycles. The molecule has 38 heavy (non-hydrogen) atoms. The first-order chi connectivity index (χ1) is 18.1. The molecule has 2 aromatic rings. The van der Waals surface area contributed by atoms with Gasteiger partial charge in [0.1, 0.15) is 10.4 Å². The number of fused-ring (bicyclic) bond motifs is 1. The van der Waals surface area contributed by atoms with Crippen molar-refractivity contribution in [2.75, 3.05) is 0 Å². The normalized spacial score (nSPS) is 12.5. The van der Waals surface area contributed by atoms with E-state index in [1.54, 1.807) is 12.1 Å². The molecule has 218 valence electrons. The van der Waals surface area contributed by atoms with Crippen molar-refractivity contribution in [2.45, 2.75) is 146 Å². The summed E-state index contributed by atoms with van der Waals surface area (Å²) in [6.07, 6.45) is 20.3.